The predicted molar refractivity (Wildman–Crippen MR) is 106 cm³/mol. The standard InChI is InChI=1S/C21H27NO3S/c1-15(17(3)23)14-18-9-10-19(16(2)21(18)24)25-12-6-7-13-26-20-8-4-5-11-22-20/h4-5,8-11,15,24H,6-7,12-14H2,1-3H3. The normalized spacial score (nSPS) is 12.0. The lowest BCUT2D eigenvalue weighted by Crippen LogP contribution is -2.10. The largest absolute Gasteiger partial charge is 0.507 e. The number of pyridine rings is 1. The van der Waals surface area contributed by atoms with E-state index in [2.05, 4.69) is 4.98 Å². The number of phenolic OH excluding ortho intramolecular Hbond substituents is 1. The molecule has 0 aliphatic heterocycles. The second-order valence-electron chi connectivity index (χ2n) is 6.48. The van der Waals surface area contributed by atoms with Gasteiger partial charge in [0.1, 0.15) is 17.3 Å². The maximum Gasteiger partial charge on any atom is 0.132 e. The molecule has 2 rings (SSSR count). The molecule has 0 bridgehead atoms. The summed E-state index contributed by atoms with van der Waals surface area (Å²) in [5.74, 6) is 1.99. The Morgan fingerprint density at radius 2 is 2.08 bits per heavy atom. The van der Waals surface area contributed by atoms with Crippen molar-refractivity contribution in [3.63, 3.8) is 0 Å². The fourth-order valence-electron chi connectivity index (χ4n) is 2.53. The smallest absolute Gasteiger partial charge is 0.132 e. The van der Waals surface area contributed by atoms with Crippen LogP contribution in [0.1, 0.15) is 37.8 Å². The minimum absolute atomic E-state index is 0.0938. The molecule has 1 aromatic carbocycles. The average Bonchev–Trinajstić information content (AvgIpc) is 2.64. The number of rotatable bonds is 10. The van der Waals surface area contributed by atoms with Crippen LogP contribution in [0, 0.1) is 12.8 Å². The Bertz CT molecular complexity index is 719. The molecule has 0 saturated carbocycles. The molecule has 1 aromatic heterocycles. The van der Waals surface area contributed by atoms with Crippen LogP contribution >= 0.6 is 11.8 Å². The number of carbonyl (C=O) groups excluding carboxylic acids is 1. The van der Waals surface area contributed by atoms with Gasteiger partial charge in [0.05, 0.1) is 11.6 Å². The zero-order chi connectivity index (χ0) is 18.9. The molecule has 26 heavy (non-hydrogen) atoms. The van der Waals surface area contributed by atoms with Gasteiger partial charge in [0.15, 0.2) is 0 Å². The maximum absolute atomic E-state index is 11.4. The van der Waals surface area contributed by atoms with E-state index in [0.717, 1.165) is 34.7 Å². The van der Waals surface area contributed by atoms with Crippen LogP contribution in [0.5, 0.6) is 11.5 Å². The van der Waals surface area contributed by atoms with Crippen LogP contribution < -0.4 is 4.74 Å². The zero-order valence-corrected chi connectivity index (χ0v) is 16.5. The number of unbranched alkanes of at least 4 members (excludes halogenated alkanes) is 1. The van der Waals surface area contributed by atoms with Crippen LogP contribution in [0.3, 0.4) is 0 Å². The highest BCUT2D eigenvalue weighted by atomic mass is 32.2. The highest BCUT2D eigenvalue weighted by Gasteiger charge is 2.15. The molecular formula is C21H27NO3S. The first-order valence-electron chi connectivity index (χ1n) is 8.97. The van der Waals surface area contributed by atoms with Crippen LogP contribution in [0.4, 0.5) is 0 Å². The minimum Gasteiger partial charge on any atom is -0.507 e. The summed E-state index contributed by atoms with van der Waals surface area (Å²) < 4.78 is 5.83. The van der Waals surface area contributed by atoms with Crippen molar-refractivity contribution in [3.05, 3.63) is 47.7 Å². The lowest BCUT2D eigenvalue weighted by molar-refractivity contribution is -0.120. The number of carbonyl (C=O) groups is 1. The molecule has 140 valence electrons. The number of Topliss-reactive ketones (excluding diaryl/α,β-unsaturated/α-hetero) is 1. The molecule has 1 atom stereocenters. The van der Waals surface area contributed by atoms with Crippen LogP contribution in [-0.2, 0) is 11.2 Å². The number of ketones is 1. The Morgan fingerprint density at radius 1 is 1.27 bits per heavy atom. The molecule has 1 heterocycles. The first kappa shape index (κ1) is 20.3. The van der Waals surface area contributed by atoms with Gasteiger partial charge in [-0.05, 0) is 62.6 Å². The van der Waals surface area contributed by atoms with E-state index in [9.17, 15) is 9.90 Å². The van der Waals surface area contributed by atoms with Crippen molar-refractivity contribution in [3.8, 4) is 11.5 Å². The molecule has 5 heteroatoms. The third kappa shape index (κ3) is 6.06. The van der Waals surface area contributed by atoms with E-state index >= 15 is 0 Å². The van der Waals surface area contributed by atoms with Gasteiger partial charge in [0, 0.05) is 17.7 Å². The number of hydrogen-bond acceptors (Lipinski definition) is 5. The van der Waals surface area contributed by atoms with Crippen LogP contribution in [0.2, 0.25) is 0 Å². The summed E-state index contributed by atoms with van der Waals surface area (Å²) in [5, 5.41) is 11.4. The van der Waals surface area contributed by atoms with Crippen LogP contribution in [-0.4, -0.2) is 28.2 Å². The quantitative estimate of drug-likeness (QED) is 0.478. The number of ether oxygens (including phenoxy) is 1. The first-order chi connectivity index (χ1) is 12.5. The van der Waals surface area contributed by atoms with Gasteiger partial charge in [0.2, 0.25) is 0 Å². The summed E-state index contributed by atoms with van der Waals surface area (Å²) in [6.07, 6.45) is 4.35. The van der Waals surface area contributed by atoms with E-state index in [-0.39, 0.29) is 17.5 Å². The minimum atomic E-state index is -0.0938. The highest BCUT2D eigenvalue weighted by Crippen LogP contribution is 2.32. The van der Waals surface area contributed by atoms with E-state index in [0.29, 0.717) is 18.8 Å². The van der Waals surface area contributed by atoms with E-state index < -0.39 is 0 Å². The topological polar surface area (TPSA) is 59.4 Å². The third-order valence-electron chi connectivity index (χ3n) is 4.37. The van der Waals surface area contributed by atoms with Crippen molar-refractivity contribution < 1.29 is 14.6 Å². The molecule has 0 fully saturated rings. The van der Waals surface area contributed by atoms with Gasteiger partial charge < -0.3 is 9.84 Å². The molecule has 0 aliphatic carbocycles. The first-order valence-corrected chi connectivity index (χ1v) is 9.96. The molecule has 0 aliphatic rings. The molecule has 0 saturated heterocycles. The summed E-state index contributed by atoms with van der Waals surface area (Å²) >= 11 is 1.75. The Balaban J connectivity index is 1.77. The summed E-state index contributed by atoms with van der Waals surface area (Å²) in [7, 11) is 0. The van der Waals surface area contributed by atoms with E-state index in [1.807, 2.05) is 50.4 Å². The maximum atomic E-state index is 11.4. The van der Waals surface area contributed by atoms with Gasteiger partial charge in [-0.3, -0.25) is 4.79 Å². The average molecular weight is 374 g/mol. The van der Waals surface area contributed by atoms with Crippen molar-refractivity contribution in [2.24, 2.45) is 5.92 Å². The van der Waals surface area contributed by atoms with Gasteiger partial charge in [-0.1, -0.05) is 19.1 Å². The fraction of sp³-hybridized carbons (Fsp3) is 0.429. The predicted octanol–water partition coefficient (Wildman–Crippen LogP) is 4.81. The number of nitrogens with zero attached hydrogens (tertiary/aromatic N) is 1. The lowest BCUT2D eigenvalue weighted by Gasteiger charge is -2.15. The number of aromatic hydroxyl groups is 1. The molecule has 1 N–H and O–H groups in total. The SMILES string of the molecule is CC(=O)C(C)Cc1ccc(OCCCCSc2ccccn2)c(C)c1O. The van der Waals surface area contributed by atoms with Gasteiger partial charge in [-0.25, -0.2) is 4.98 Å². The summed E-state index contributed by atoms with van der Waals surface area (Å²) in [5.41, 5.74) is 1.53. The summed E-state index contributed by atoms with van der Waals surface area (Å²) in [6.45, 7) is 5.93. The van der Waals surface area contributed by atoms with Gasteiger partial charge in [-0.15, -0.1) is 11.8 Å². The number of phenols is 1. The van der Waals surface area contributed by atoms with Gasteiger partial charge in [-0.2, -0.15) is 0 Å². The molecule has 0 radical (unpaired) electrons. The third-order valence-corrected chi connectivity index (χ3v) is 5.40. The number of benzene rings is 1. The summed E-state index contributed by atoms with van der Waals surface area (Å²) in [4.78, 5) is 15.7. The van der Waals surface area contributed by atoms with E-state index in [4.69, 9.17) is 4.74 Å². The Labute approximate surface area is 160 Å². The van der Waals surface area contributed by atoms with Crippen molar-refractivity contribution >= 4 is 17.5 Å². The Kier molecular flexibility index (Phi) is 7.98. The molecule has 1 unspecified atom stereocenters. The van der Waals surface area contributed by atoms with E-state index in [1.165, 1.54) is 0 Å². The molecule has 2 aromatic rings. The Hall–Kier alpha value is -2.01. The Morgan fingerprint density at radius 3 is 2.77 bits per heavy atom. The van der Waals surface area contributed by atoms with Gasteiger partial charge >= 0.3 is 0 Å². The van der Waals surface area contributed by atoms with Crippen LogP contribution in [0.25, 0.3) is 0 Å². The van der Waals surface area contributed by atoms with Crippen molar-refractivity contribution in [1.82, 2.24) is 4.98 Å². The monoisotopic (exact) mass is 373 g/mol. The fourth-order valence-corrected chi connectivity index (χ4v) is 3.40. The van der Waals surface area contributed by atoms with Gasteiger partial charge in [0.25, 0.3) is 0 Å². The number of hydrogen-bond donors (Lipinski definition) is 1. The van der Waals surface area contributed by atoms with E-state index in [1.54, 1.807) is 18.7 Å². The number of thioether (sulfide) groups is 1. The van der Waals surface area contributed by atoms with Crippen molar-refractivity contribution in [2.75, 3.05) is 12.4 Å². The van der Waals surface area contributed by atoms with Crippen LogP contribution in [0.15, 0.2) is 41.6 Å². The molecule has 0 spiro atoms. The zero-order valence-electron chi connectivity index (χ0n) is 15.7. The number of aromatic nitrogens is 1. The lowest BCUT2D eigenvalue weighted by atomic mass is 9.95. The van der Waals surface area contributed by atoms with Crippen molar-refractivity contribution in [1.29, 1.82) is 0 Å². The second kappa shape index (κ2) is 10.2. The molecule has 4 nitrogen and oxygen atoms in total. The summed E-state index contributed by atoms with van der Waals surface area (Å²) in [6, 6.07) is 9.67. The van der Waals surface area contributed by atoms with Crippen molar-refractivity contribution in [2.45, 2.75) is 45.1 Å². The molecular weight excluding hydrogens is 346 g/mol. The highest BCUT2D eigenvalue weighted by molar-refractivity contribution is 7.99. The molecule has 0 amide bonds. The second-order valence-corrected chi connectivity index (χ2v) is 7.60.